The fraction of sp³-hybridized carbons (Fsp3) is 0.424. The summed E-state index contributed by atoms with van der Waals surface area (Å²) in [5.74, 6) is 0.363. The topological polar surface area (TPSA) is 141 Å². The van der Waals surface area contributed by atoms with Gasteiger partial charge in [0.15, 0.2) is 5.82 Å². The molecule has 44 heavy (non-hydrogen) atoms. The van der Waals surface area contributed by atoms with Crippen molar-refractivity contribution in [3.05, 3.63) is 92.6 Å². The third kappa shape index (κ3) is 6.02. The number of nitrogens with one attached hydrogen (secondary N) is 1. The predicted molar refractivity (Wildman–Crippen MR) is 166 cm³/mol. The molecule has 11 heteroatoms. The van der Waals surface area contributed by atoms with Crippen LogP contribution in [0.1, 0.15) is 75.2 Å². The highest BCUT2D eigenvalue weighted by molar-refractivity contribution is 5.80. The largest absolute Gasteiger partial charge is 0.439 e. The number of hydrogen-bond donors (Lipinski definition) is 2. The monoisotopic (exact) mass is 598 g/mol. The first-order valence-corrected chi connectivity index (χ1v) is 15.5. The first-order valence-electron chi connectivity index (χ1n) is 15.5. The number of hydrogen-bond acceptors (Lipinski definition) is 8. The Morgan fingerprint density at radius 3 is 2.48 bits per heavy atom. The number of aliphatic hydroxyl groups is 1. The maximum atomic E-state index is 14.3. The van der Waals surface area contributed by atoms with Crippen LogP contribution in [0.3, 0.4) is 0 Å². The minimum absolute atomic E-state index is 0.00132. The smallest absolute Gasteiger partial charge is 0.391 e. The van der Waals surface area contributed by atoms with Gasteiger partial charge in [-0.3, -0.25) is 18.9 Å². The molecule has 230 valence electrons. The van der Waals surface area contributed by atoms with Crippen molar-refractivity contribution in [1.29, 1.82) is 0 Å². The molecule has 2 aromatic carbocycles. The maximum absolute atomic E-state index is 14.3. The number of rotatable bonds is 11. The number of fused-ring (bicyclic) bond motifs is 1. The van der Waals surface area contributed by atoms with E-state index in [4.69, 9.17) is 9.26 Å². The standard InChI is InChI=1S/C33H38N6O5/c1-3-7-29-28(18-21-10-12-22(13-11-21)26-8-5-6-9-27(26)30-36-33(42)44-37-30)31(41)38(32-34-20-35-39(29)32)23-14-16-25(17-15-23)43-19-24(40)4-2/h5-6,8-13,20,23-25,40H,3-4,7,14-19H2,1-2H3,(H,36,37,42)/t23-,24?,25-. The molecule has 5 aromatic rings. The molecule has 1 aliphatic rings. The van der Waals surface area contributed by atoms with Gasteiger partial charge in [0.25, 0.3) is 5.56 Å². The molecule has 2 N–H and O–H groups in total. The molecule has 0 aliphatic heterocycles. The summed E-state index contributed by atoms with van der Waals surface area (Å²) in [5, 5.41) is 18.3. The van der Waals surface area contributed by atoms with E-state index in [-0.39, 0.29) is 17.7 Å². The normalized spacial score (nSPS) is 17.7. The summed E-state index contributed by atoms with van der Waals surface area (Å²) in [5.41, 5.74) is 5.26. The molecular formula is C33H38N6O5. The molecular weight excluding hydrogens is 560 g/mol. The number of benzene rings is 2. The molecule has 0 saturated heterocycles. The van der Waals surface area contributed by atoms with Crippen LogP contribution < -0.4 is 11.3 Å². The van der Waals surface area contributed by atoms with Crippen molar-refractivity contribution in [2.24, 2.45) is 0 Å². The summed E-state index contributed by atoms with van der Waals surface area (Å²) in [6.45, 7) is 4.39. The van der Waals surface area contributed by atoms with E-state index in [0.29, 0.717) is 37.5 Å². The van der Waals surface area contributed by atoms with E-state index in [9.17, 15) is 14.7 Å². The van der Waals surface area contributed by atoms with Gasteiger partial charge in [-0.25, -0.2) is 9.31 Å². The SMILES string of the molecule is CCCc1c(Cc2ccc(-c3ccccc3-c3noc(=O)[nH]3)cc2)c(=O)n([C@H]2CC[C@H](OCC(O)CC)CC2)c2ncnn12. The molecule has 11 nitrogen and oxygen atoms in total. The fourth-order valence-corrected chi connectivity index (χ4v) is 6.21. The lowest BCUT2D eigenvalue weighted by atomic mass is 9.92. The van der Waals surface area contributed by atoms with Gasteiger partial charge >= 0.3 is 5.76 Å². The molecule has 0 radical (unpaired) electrons. The summed E-state index contributed by atoms with van der Waals surface area (Å²) in [6.07, 6.45) is 7.15. The molecule has 0 spiro atoms. The predicted octanol–water partition coefficient (Wildman–Crippen LogP) is 4.72. The van der Waals surface area contributed by atoms with Crippen LogP contribution in [0.4, 0.5) is 0 Å². The Morgan fingerprint density at radius 1 is 1.05 bits per heavy atom. The van der Waals surface area contributed by atoms with Crippen molar-refractivity contribution in [3.63, 3.8) is 0 Å². The van der Waals surface area contributed by atoms with Crippen molar-refractivity contribution in [2.45, 2.75) is 83.5 Å². The number of aliphatic hydroxyl groups excluding tert-OH is 1. The Morgan fingerprint density at radius 2 is 1.80 bits per heavy atom. The number of aromatic amines is 1. The quantitative estimate of drug-likeness (QED) is 0.223. The second-order valence-corrected chi connectivity index (χ2v) is 11.5. The highest BCUT2D eigenvalue weighted by atomic mass is 16.5. The van der Waals surface area contributed by atoms with Crippen LogP contribution in [0.5, 0.6) is 0 Å². The van der Waals surface area contributed by atoms with Crippen molar-refractivity contribution in [2.75, 3.05) is 6.61 Å². The molecule has 1 fully saturated rings. The van der Waals surface area contributed by atoms with Gasteiger partial charge < -0.3 is 9.84 Å². The molecule has 3 heterocycles. The van der Waals surface area contributed by atoms with Gasteiger partial charge in [-0.15, -0.1) is 0 Å². The molecule has 3 aromatic heterocycles. The zero-order valence-corrected chi connectivity index (χ0v) is 25.1. The molecule has 1 aliphatic carbocycles. The van der Waals surface area contributed by atoms with Crippen molar-refractivity contribution in [1.82, 2.24) is 29.3 Å². The van der Waals surface area contributed by atoms with Crippen molar-refractivity contribution >= 4 is 5.78 Å². The molecule has 6 rings (SSSR count). The minimum atomic E-state index is -0.601. The van der Waals surface area contributed by atoms with E-state index in [0.717, 1.165) is 65.6 Å². The first-order chi connectivity index (χ1) is 21.5. The van der Waals surface area contributed by atoms with Crippen LogP contribution in [-0.4, -0.2) is 53.2 Å². The van der Waals surface area contributed by atoms with E-state index < -0.39 is 11.9 Å². The fourth-order valence-electron chi connectivity index (χ4n) is 6.21. The van der Waals surface area contributed by atoms with E-state index in [1.54, 1.807) is 0 Å². The van der Waals surface area contributed by atoms with Crippen LogP contribution in [0.25, 0.3) is 28.3 Å². The van der Waals surface area contributed by atoms with Gasteiger partial charge in [0, 0.05) is 23.6 Å². The second kappa shape index (κ2) is 13.1. The summed E-state index contributed by atoms with van der Waals surface area (Å²) in [6, 6.07) is 15.8. The number of H-pyrrole nitrogens is 1. The summed E-state index contributed by atoms with van der Waals surface area (Å²) < 4.78 is 14.4. The zero-order chi connectivity index (χ0) is 30.6. The van der Waals surface area contributed by atoms with Crippen LogP contribution in [0.2, 0.25) is 0 Å². The lowest BCUT2D eigenvalue weighted by Crippen LogP contribution is -2.35. The van der Waals surface area contributed by atoms with Crippen molar-refractivity contribution < 1.29 is 14.4 Å². The zero-order valence-electron chi connectivity index (χ0n) is 25.1. The van der Waals surface area contributed by atoms with E-state index in [1.165, 1.54) is 6.33 Å². The summed E-state index contributed by atoms with van der Waals surface area (Å²) >= 11 is 0. The Hall–Kier alpha value is -4.35. The summed E-state index contributed by atoms with van der Waals surface area (Å²) in [7, 11) is 0. The van der Waals surface area contributed by atoms with Gasteiger partial charge in [-0.05, 0) is 55.2 Å². The second-order valence-electron chi connectivity index (χ2n) is 11.5. The molecule has 1 saturated carbocycles. The maximum Gasteiger partial charge on any atom is 0.439 e. The Labute approximate surface area is 254 Å². The van der Waals surface area contributed by atoms with Gasteiger partial charge in [-0.1, -0.05) is 74.0 Å². The van der Waals surface area contributed by atoms with E-state index in [2.05, 4.69) is 27.1 Å². The molecule has 1 atom stereocenters. The first kappa shape index (κ1) is 29.7. The van der Waals surface area contributed by atoms with Crippen LogP contribution in [-0.2, 0) is 17.6 Å². The molecule has 1 unspecified atom stereocenters. The Bertz CT molecular complexity index is 1830. The van der Waals surface area contributed by atoms with Gasteiger partial charge in [0.05, 0.1) is 24.5 Å². The number of nitrogens with zero attached hydrogens (tertiary/aromatic N) is 5. The van der Waals surface area contributed by atoms with E-state index >= 15 is 0 Å². The Kier molecular flexibility index (Phi) is 8.85. The third-order valence-corrected chi connectivity index (χ3v) is 8.59. The number of aromatic nitrogens is 6. The van der Waals surface area contributed by atoms with Crippen molar-refractivity contribution in [3.8, 4) is 22.5 Å². The Balaban J connectivity index is 1.30. The number of ether oxygens (including phenoxy) is 1. The van der Waals surface area contributed by atoms with Crippen LogP contribution in [0.15, 0.2) is 69.0 Å². The van der Waals surface area contributed by atoms with Crippen LogP contribution in [0, 0.1) is 0 Å². The number of aryl methyl sites for hydroxylation is 1. The highest BCUT2D eigenvalue weighted by Gasteiger charge is 2.28. The molecule has 0 bridgehead atoms. The third-order valence-electron chi connectivity index (χ3n) is 8.59. The van der Waals surface area contributed by atoms with E-state index in [1.807, 2.05) is 64.5 Å². The average molecular weight is 599 g/mol. The van der Waals surface area contributed by atoms with Gasteiger partial charge in [0.2, 0.25) is 5.78 Å². The molecule has 0 amide bonds. The summed E-state index contributed by atoms with van der Waals surface area (Å²) in [4.78, 5) is 33.0. The lowest BCUT2D eigenvalue weighted by Gasteiger charge is -2.31. The van der Waals surface area contributed by atoms with Gasteiger partial charge in [-0.2, -0.15) is 10.1 Å². The lowest BCUT2D eigenvalue weighted by molar-refractivity contribution is -0.0293. The highest BCUT2D eigenvalue weighted by Crippen LogP contribution is 2.32. The minimum Gasteiger partial charge on any atom is -0.391 e. The van der Waals surface area contributed by atoms with Crippen LogP contribution >= 0.6 is 0 Å². The van der Waals surface area contributed by atoms with Gasteiger partial charge in [0.1, 0.15) is 6.33 Å². The average Bonchev–Trinajstić information content (AvgIpc) is 3.72.